The first-order valence-electron chi connectivity index (χ1n) is 6.47. The van der Waals surface area contributed by atoms with Crippen LogP contribution in [0.15, 0.2) is 47.0 Å². The van der Waals surface area contributed by atoms with Gasteiger partial charge in [-0.25, -0.2) is 0 Å². The van der Waals surface area contributed by atoms with Crippen molar-refractivity contribution in [1.82, 2.24) is 4.57 Å². The normalized spacial score (nSPS) is 11.1. The zero-order valence-electron chi connectivity index (χ0n) is 11.2. The van der Waals surface area contributed by atoms with Gasteiger partial charge in [0.1, 0.15) is 11.5 Å². The van der Waals surface area contributed by atoms with Gasteiger partial charge in [-0.3, -0.25) is 4.79 Å². The molecule has 20 heavy (non-hydrogen) atoms. The standard InChI is InChI=1S/C16H15NO3/c1-11-6-7-13(20-11)10-17-9-12(8-16(18)19)14-4-2-3-5-15(14)17/h2-7,9H,8,10H2,1H3,(H,18,19). The fourth-order valence-corrected chi connectivity index (χ4v) is 2.50. The molecule has 0 unspecified atom stereocenters. The molecule has 4 nitrogen and oxygen atoms in total. The second kappa shape index (κ2) is 4.89. The van der Waals surface area contributed by atoms with Gasteiger partial charge in [-0.1, -0.05) is 18.2 Å². The lowest BCUT2D eigenvalue weighted by atomic mass is 10.1. The highest BCUT2D eigenvalue weighted by molar-refractivity contribution is 5.87. The molecule has 0 spiro atoms. The minimum absolute atomic E-state index is 0.0324. The summed E-state index contributed by atoms with van der Waals surface area (Å²) < 4.78 is 7.62. The van der Waals surface area contributed by atoms with Crippen molar-refractivity contribution in [2.75, 3.05) is 0 Å². The number of aryl methyl sites for hydroxylation is 1. The second-order valence-corrected chi connectivity index (χ2v) is 4.88. The molecule has 3 aromatic rings. The molecule has 4 heteroatoms. The van der Waals surface area contributed by atoms with Crippen molar-refractivity contribution in [3.63, 3.8) is 0 Å². The van der Waals surface area contributed by atoms with Crippen molar-refractivity contribution in [3.05, 3.63) is 59.7 Å². The number of furan rings is 1. The van der Waals surface area contributed by atoms with Crippen molar-refractivity contribution in [3.8, 4) is 0 Å². The van der Waals surface area contributed by atoms with E-state index >= 15 is 0 Å². The zero-order chi connectivity index (χ0) is 14.1. The average Bonchev–Trinajstić information content (AvgIpc) is 2.95. The van der Waals surface area contributed by atoms with Gasteiger partial charge in [0.05, 0.1) is 13.0 Å². The summed E-state index contributed by atoms with van der Waals surface area (Å²) in [7, 11) is 0. The summed E-state index contributed by atoms with van der Waals surface area (Å²) >= 11 is 0. The van der Waals surface area contributed by atoms with E-state index < -0.39 is 5.97 Å². The Morgan fingerprint density at radius 3 is 2.75 bits per heavy atom. The maximum Gasteiger partial charge on any atom is 0.307 e. The third-order valence-corrected chi connectivity index (χ3v) is 3.33. The second-order valence-electron chi connectivity index (χ2n) is 4.88. The molecule has 0 aliphatic rings. The van der Waals surface area contributed by atoms with Gasteiger partial charge >= 0.3 is 5.97 Å². The lowest BCUT2D eigenvalue weighted by molar-refractivity contribution is -0.136. The number of carboxylic acids is 1. The summed E-state index contributed by atoms with van der Waals surface area (Å²) in [6.07, 6.45) is 1.93. The van der Waals surface area contributed by atoms with Crippen molar-refractivity contribution in [2.45, 2.75) is 19.9 Å². The van der Waals surface area contributed by atoms with Crippen LogP contribution in [0.1, 0.15) is 17.1 Å². The van der Waals surface area contributed by atoms with Gasteiger partial charge in [0.2, 0.25) is 0 Å². The van der Waals surface area contributed by atoms with E-state index in [1.165, 1.54) is 0 Å². The SMILES string of the molecule is Cc1ccc(Cn2cc(CC(=O)O)c3ccccc32)o1. The van der Waals surface area contributed by atoms with Crippen molar-refractivity contribution >= 4 is 16.9 Å². The van der Waals surface area contributed by atoms with Gasteiger partial charge in [-0.05, 0) is 30.7 Å². The largest absolute Gasteiger partial charge is 0.481 e. The highest BCUT2D eigenvalue weighted by Gasteiger charge is 2.12. The number of carboxylic acid groups (broad SMARTS) is 1. The molecule has 0 aliphatic carbocycles. The van der Waals surface area contributed by atoms with Crippen LogP contribution in [0.5, 0.6) is 0 Å². The number of carbonyl (C=O) groups is 1. The highest BCUT2D eigenvalue weighted by atomic mass is 16.4. The number of aliphatic carboxylic acids is 1. The Balaban J connectivity index is 2.04. The van der Waals surface area contributed by atoms with E-state index in [1.807, 2.05) is 54.1 Å². The Morgan fingerprint density at radius 1 is 1.25 bits per heavy atom. The quantitative estimate of drug-likeness (QED) is 0.791. The number of hydrogen-bond acceptors (Lipinski definition) is 2. The Morgan fingerprint density at radius 2 is 2.05 bits per heavy atom. The summed E-state index contributed by atoms with van der Waals surface area (Å²) in [5.74, 6) is 0.925. The van der Waals surface area contributed by atoms with Crippen LogP contribution in [0.25, 0.3) is 10.9 Å². The molecule has 0 aliphatic heterocycles. The number of fused-ring (bicyclic) bond motifs is 1. The molecule has 0 bridgehead atoms. The summed E-state index contributed by atoms with van der Waals surface area (Å²) in [6, 6.07) is 11.7. The van der Waals surface area contributed by atoms with Crippen molar-refractivity contribution in [2.24, 2.45) is 0 Å². The minimum Gasteiger partial charge on any atom is -0.481 e. The van der Waals surface area contributed by atoms with Crippen LogP contribution in [-0.2, 0) is 17.8 Å². The lowest BCUT2D eigenvalue weighted by Gasteiger charge is -2.02. The number of rotatable bonds is 4. The molecule has 0 radical (unpaired) electrons. The van der Waals surface area contributed by atoms with E-state index in [2.05, 4.69) is 0 Å². The third kappa shape index (κ3) is 2.32. The van der Waals surface area contributed by atoms with Gasteiger partial charge < -0.3 is 14.1 Å². The molecule has 0 amide bonds. The van der Waals surface area contributed by atoms with Gasteiger partial charge in [0.15, 0.2) is 0 Å². The molecule has 2 aromatic heterocycles. The van der Waals surface area contributed by atoms with E-state index in [-0.39, 0.29) is 6.42 Å². The number of hydrogen-bond donors (Lipinski definition) is 1. The fourth-order valence-electron chi connectivity index (χ4n) is 2.50. The van der Waals surface area contributed by atoms with Crippen LogP contribution in [0.3, 0.4) is 0 Å². The molecule has 1 aromatic carbocycles. The van der Waals surface area contributed by atoms with Crippen LogP contribution in [0.2, 0.25) is 0 Å². The predicted octanol–water partition coefficient (Wildman–Crippen LogP) is 3.22. The highest BCUT2D eigenvalue weighted by Crippen LogP contribution is 2.23. The van der Waals surface area contributed by atoms with Gasteiger partial charge in [0.25, 0.3) is 0 Å². The Kier molecular flexibility index (Phi) is 3.06. The Labute approximate surface area is 116 Å². The Bertz CT molecular complexity index is 767. The molecule has 0 saturated carbocycles. The molecule has 2 heterocycles. The van der Waals surface area contributed by atoms with Crippen LogP contribution >= 0.6 is 0 Å². The number of para-hydroxylation sites is 1. The lowest BCUT2D eigenvalue weighted by Crippen LogP contribution is -1.99. The van der Waals surface area contributed by atoms with Crippen LogP contribution < -0.4 is 0 Å². The van der Waals surface area contributed by atoms with E-state index in [0.29, 0.717) is 6.54 Å². The average molecular weight is 269 g/mol. The van der Waals surface area contributed by atoms with Crippen LogP contribution in [-0.4, -0.2) is 15.6 Å². The topological polar surface area (TPSA) is 55.4 Å². The van der Waals surface area contributed by atoms with Crippen molar-refractivity contribution < 1.29 is 14.3 Å². The van der Waals surface area contributed by atoms with Crippen LogP contribution in [0.4, 0.5) is 0 Å². The molecule has 1 N–H and O–H groups in total. The maximum absolute atomic E-state index is 11.0. The predicted molar refractivity (Wildman–Crippen MR) is 75.8 cm³/mol. The number of nitrogens with zero attached hydrogens (tertiary/aromatic N) is 1. The van der Waals surface area contributed by atoms with Gasteiger partial charge in [-0.15, -0.1) is 0 Å². The van der Waals surface area contributed by atoms with Crippen molar-refractivity contribution in [1.29, 1.82) is 0 Å². The number of benzene rings is 1. The molecular formula is C16H15NO3. The fraction of sp³-hybridized carbons (Fsp3) is 0.188. The molecule has 3 rings (SSSR count). The van der Waals surface area contributed by atoms with Crippen LogP contribution in [0, 0.1) is 6.92 Å². The maximum atomic E-state index is 11.0. The summed E-state index contributed by atoms with van der Waals surface area (Å²) in [4.78, 5) is 11.0. The van der Waals surface area contributed by atoms with Gasteiger partial charge in [0, 0.05) is 17.1 Å². The number of aromatic nitrogens is 1. The summed E-state index contributed by atoms with van der Waals surface area (Å²) in [6.45, 7) is 2.51. The van der Waals surface area contributed by atoms with E-state index in [0.717, 1.165) is 28.0 Å². The molecule has 0 fully saturated rings. The molecule has 0 saturated heterocycles. The van der Waals surface area contributed by atoms with E-state index in [4.69, 9.17) is 9.52 Å². The monoisotopic (exact) mass is 269 g/mol. The summed E-state index contributed by atoms with van der Waals surface area (Å²) in [5, 5.41) is 9.99. The first kappa shape index (κ1) is 12.5. The first-order chi connectivity index (χ1) is 9.63. The molecule has 102 valence electrons. The van der Waals surface area contributed by atoms with Gasteiger partial charge in [-0.2, -0.15) is 0 Å². The van der Waals surface area contributed by atoms with E-state index in [9.17, 15) is 4.79 Å². The Hall–Kier alpha value is -2.49. The third-order valence-electron chi connectivity index (χ3n) is 3.33. The zero-order valence-corrected chi connectivity index (χ0v) is 11.2. The molecule has 0 atom stereocenters. The summed E-state index contributed by atoms with van der Waals surface area (Å²) in [5.41, 5.74) is 1.86. The molecular weight excluding hydrogens is 254 g/mol. The first-order valence-corrected chi connectivity index (χ1v) is 6.47. The minimum atomic E-state index is -0.818. The van der Waals surface area contributed by atoms with E-state index in [1.54, 1.807) is 0 Å². The smallest absolute Gasteiger partial charge is 0.307 e.